The summed E-state index contributed by atoms with van der Waals surface area (Å²) in [5.41, 5.74) is 1.29. The number of aryl methyl sites for hydroxylation is 1. The molecule has 0 fully saturated rings. The molecule has 3 aromatic rings. The minimum atomic E-state index is -0.545. The number of halogens is 2. The standard InChI is InChI=1S/C19H14Cl2N2O5/c1-11-2-3-12(20)8-16(11)22-19(24)17-7-5-14(28-17)10-27-18-9-13(23(25)26)4-6-15(18)21/h2-9H,10H2,1H3,(H,22,24). The van der Waals surface area contributed by atoms with E-state index in [9.17, 15) is 14.9 Å². The highest BCUT2D eigenvalue weighted by atomic mass is 35.5. The first-order chi connectivity index (χ1) is 13.3. The fourth-order valence-electron chi connectivity index (χ4n) is 2.36. The molecule has 1 amide bonds. The number of hydrogen-bond donors (Lipinski definition) is 1. The van der Waals surface area contributed by atoms with Crippen molar-refractivity contribution in [1.29, 1.82) is 0 Å². The minimum absolute atomic E-state index is 0.0512. The number of anilines is 1. The monoisotopic (exact) mass is 420 g/mol. The SMILES string of the molecule is Cc1ccc(Cl)cc1NC(=O)c1ccc(COc2cc([N+](=O)[O-])ccc2Cl)o1. The number of furan rings is 1. The number of benzene rings is 2. The lowest BCUT2D eigenvalue weighted by Crippen LogP contribution is -2.11. The van der Waals surface area contributed by atoms with Crippen molar-refractivity contribution < 1.29 is 18.9 Å². The Kier molecular flexibility index (Phi) is 5.87. The lowest BCUT2D eigenvalue weighted by atomic mass is 10.2. The molecule has 0 saturated heterocycles. The molecule has 28 heavy (non-hydrogen) atoms. The van der Waals surface area contributed by atoms with Gasteiger partial charge >= 0.3 is 0 Å². The summed E-state index contributed by atoms with van der Waals surface area (Å²) in [6.07, 6.45) is 0. The lowest BCUT2D eigenvalue weighted by Gasteiger charge is -2.08. The highest BCUT2D eigenvalue weighted by Crippen LogP contribution is 2.29. The third kappa shape index (κ3) is 4.62. The number of nitro groups is 1. The highest BCUT2D eigenvalue weighted by molar-refractivity contribution is 6.32. The molecule has 0 aliphatic heterocycles. The van der Waals surface area contributed by atoms with Gasteiger partial charge in [0.25, 0.3) is 11.6 Å². The molecule has 0 spiro atoms. The van der Waals surface area contributed by atoms with E-state index < -0.39 is 10.8 Å². The summed E-state index contributed by atoms with van der Waals surface area (Å²) in [5, 5.41) is 14.3. The molecule has 1 aromatic heterocycles. The zero-order chi connectivity index (χ0) is 20.3. The van der Waals surface area contributed by atoms with Crippen molar-refractivity contribution in [2.45, 2.75) is 13.5 Å². The summed E-state index contributed by atoms with van der Waals surface area (Å²) in [6.45, 7) is 1.79. The number of nitrogens with one attached hydrogen (secondary N) is 1. The van der Waals surface area contributed by atoms with E-state index in [0.29, 0.717) is 16.5 Å². The first-order valence-electron chi connectivity index (χ1n) is 8.06. The molecule has 0 bridgehead atoms. The summed E-state index contributed by atoms with van der Waals surface area (Å²) in [4.78, 5) is 22.7. The van der Waals surface area contributed by atoms with Gasteiger partial charge in [0, 0.05) is 16.8 Å². The summed E-state index contributed by atoms with van der Waals surface area (Å²) in [5.74, 6) is 0.150. The molecule has 1 heterocycles. The summed E-state index contributed by atoms with van der Waals surface area (Å²) in [6, 6.07) is 12.1. The normalized spacial score (nSPS) is 10.5. The van der Waals surface area contributed by atoms with Crippen LogP contribution < -0.4 is 10.1 Å². The first kappa shape index (κ1) is 19.7. The first-order valence-corrected chi connectivity index (χ1v) is 8.82. The minimum Gasteiger partial charge on any atom is -0.484 e. The van der Waals surface area contributed by atoms with Crippen molar-refractivity contribution in [1.82, 2.24) is 0 Å². The Bertz CT molecular complexity index is 1050. The second kappa shape index (κ2) is 8.33. The van der Waals surface area contributed by atoms with E-state index in [2.05, 4.69) is 5.32 Å². The third-order valence-corrected chi connectivity index (χ3v) is 4.38. The predicted octanol–water partition coefficient (Wildman–Crippen LogP) is 5.63. The van der Waals surface area contributed by atoms with Gasteiger partial charge in [0.15, 0.2) is 5.76 Å². The van der Waals surface area contributed by atoms with E-state index in [-0.39, 0.29) is 28.8 Å². The molecule has 0 saturated carbocycles. The number of amides is 1. The second-order valence-corrected chi connectivity index (χ2v) is 6.68. The highest BCUT2D eigenvalue weighted by Gasteiger charge is 2.15. The molecule has 1 N–H and O–H groups in total. The van der Waals surface area contributed by atoms with Crippen LogP contribution >= 0.6 is 23.2 Å². The summed E-state index contributed by atoms with van der Waals surface area (Å²) in [7, 11) is 0. The molecular formula is C19H14Cl2N2O5. The molecule has 0 aliphatic carbocycles. The molecule has 0 atom stereocenters. The van der Waals surface area contributed by atoms with E-state index in [0.717, 1.165) is 5.56 Å². The maximum atomic E-state index is 12.4. The van der Waals surface area contributed by atoms with Crippen LogP contribution in [0.2, 0.25) is 10.0 Å². The molecule has 0 aliphatic rings. The topological polar surface area (TPSA) is 94.6 Å². The summed E-state index contributed by atoms with van der Waals surface area (Å²) >= 11 is 11.9. The van der Waals surface area contributed by atoms with Crippen LogP contribution in [0.3, 0.4) is 0 Å². The van der Waals surface area contributed by atoms with E-state index in [1.54, 1.807) is 24.3 Å². The zero-order valence-corrected chi connectivity index (χ0v) is 16.1. The van der Waals surface area contributed by atoms with Gasteiger partial charge in [0.1, 0.15) is 18.1 Å². The summed E-state index contributed by atoms with van der Waals surface area (Å²) < 4.78 is 11.0. The van der Waals surface area contributed by atoms with Crippen LogP contribution in [-0.2, 0) is 6.61 Å². The van der Waals surface area contributed by atoms with Crippen molar-refractivity contribution in [3.05, 3.63) is 85.8 Å². The average molecular weight is 421 g/mol. The smallest absolute Gasteiger partial charge is 0.291 e. The Balaban J connectivity index is 1.67. The molecule has 9 heteroatoms. The van der Waals surface area contributed by atoms with Gasteiger partial charge in [-0.05, 0) is 42.8 Å². The van der Waals surface area contributed by atoms with Crippen molar-refractivity contribution >= 4 is 40.5 Å². The Labute approximate surface area is 170 Å². The molecule has 7 nitrogen and oxygen atoms in total. The second-order valence-electron chi connectivity index (χ2n) is 5.84. The quantitative estimate of drug-likeness (QED) is 0.411. The number of hydrogen-bond acceptors (Lipinski definition) is 5. The van der Waals surface area contributed by atoms with Crippen molar-refractivity contribution in [2.24, 2.45) is 0 Å². The Morgan fingerprint density at radius 1 is 1.18 bits per heavy atom. The number of rotatable bonds is 6. The average Bonchev–Trinajstić information content (AvgIpc) is 3.13. The van der Waals surface area contributed by atoms with Crippen LogP contribution in [0.25, 0.3) is 0 Å². The van der Waals surface area contributed by atoms with Crippen LogP contribution in [-0.4, -0.2) is 10.8 Å². The fourth-order valence-corrected chi connectivity index (χ4v) is 2.70. The van der Waals surface area contributed by atoms with E-state index in [4.69, 9.17) is 32.4 Å². The molecule has 144 valence electrons. The van der Waals surface area contributed by atoms with Gasteiger partial charge in [-0.15, -0.1) is 0 Å². The van der Waals surface area contributed by atoms with Crippen LogP contribution in [0.15, 0.2) is 52.9 Å². The Hall–Kier alpha value is -3.03. The van der Waals surface area contributed by atoms with Crippen LogP contribution in [0, 0.1) is 17.0 Å². The van der Waals surface area contributed by atoms with Crippen LogP contribution in [0.5, 0.6) is 5.75 Å². The number of ether oxygens (including phenoxy) is 1. The van der Waals surface area contributed by atoms with Gasteiger partial charge in [0.2, 0.25) is 0 Å². The lowest BCUT2D eigenvalue weighted by molar-refractivity contribution is -0.384. The Morgan fingerprint density at radius 3 is 2.71 bits per heavy atom. The van der Waals surface area contributed by atoms with Gasteiger partial charge in [-0.3, -0.25) is 14.9 Å². The molecule has 3 rings (SSSR count). The van der Waals surface area contributed by atoms with Gasteiger partial charge in [0.05, 0.1) is 16.0 Å². The maximum absolute atomic E-state index is 12.4. The van der Waals surface area contributed by atoms with E-state index in [1.165, 1.54) is 24.3 Å². The van der Waals surface area contributed by atoms with E-state index in [1.807, 2.05) is 6.92 Å². The Morgan fingerprint density at radius 2 is 1.96 bits per heavy atom. The number of carbonyl (C=O) groups excluding carboxylic acids is 1. The largest absolute Gasteiger partial charge is 0.484 e. The van der Waals surface area contributed by atoms with Crippen LogP contribution in [0.1, 0.15) is 21.9 Å². The van der Waals surface area contributed by atoms with Crippen molar-refractivity contribution in [2.75, 3.05) is 5.32 Å². The van der Waals surface area contributed by atoms with Gasteiger partial charge in [-0.2, -0.15) is 0 Å². The predicted molar refractivity (Wildman–Crippen MR) is 105 cm³/mol. The van der Waals surface area contributed by atoms with Gasteiger partial charge < -0.3 is 14.5 Å². The number of non-ortho nitro benzene ring substituents is 1. The molecule has 0 unspecified atom stereocenters. The van der Waals surface area contributed by atoms with Crippen LogP contribution in [0.4, 0.5) is 11.4 Å². The molecular weight excluding hydrogens is 407 g/mol. The van der Waals surface area contributed by atoms with Gasteiger partial charge in [-0.1, -0.05) is 29.3 Å². The van der Waals surface area contributed by atoms with Crippen molar-refractivity contribution in [3.8, 4) is 5.75 Å². The number of nitrogens with zero attached hydrogens (tertiary/aromatic N) is 1. The fraction of sp³-hybridized carbons (Fsp3) is 0.105. The maximum Gasteiger partial charge on any atom is 0.291 e. The van der Waals surface area contributed by atoms with Crippen molar-refractivity contribution in [3.63, 3.8) is 0 Å². The van der Waals surface area contributed by atoms with E-state index >= 15 is 0 Å². The molecule has 0 radical (unpaired) electrons. The number of nitro benzene ring substituents is 1. The zero-order valence-electron chi connectivity index (χ0n) is 14.6. The third-order valence-electron chi connectivity index (χ3n) is 3.83. The number of carbonyl (C=O) groups is 1. The molecule has 2 aromatic carbocycles. The van der Waals surface area contributed by atoms with Gasteiger partial charge in [-0.25, -0.2) is 0 Å².